The van der Waals surface area contributed by atoms with Gasteiger partial charge in [0.1, 0.15) is 5.82 Å². The molecule has 2 heterocycles. The molecule has 0 saturated carbocycles. The van der Waals surface area contributed by atoms with Crippen molar-refractivity contribution in [2.24, 2.45) is 0 Å². The number of carbonyl (C=O) groups excluding carboxylic acids is 1. The van der Waals surface area contributed by atoms with E-state index in [1.165, 1.54) is 6.07 Å². The van der Waals surface area contributed by atoms with E-state index in [9.17, 15) is 9.18 Å². The summed E-state index contributed by atoms with van der Waals surface area (Å²) in [6.07, 6.45) is 3.30. The molecule has 2 aromatic heterocycles. The highest BCUT2D eigenvalue weighted by Crippen LogP contribution is 2.32. The van der Waals surface area contributed by atoms with Gasteiger partial charge in [-0.3, -0.25) is 9.78 Å². The van der Waals surface area contributed by atoms with Crippen LogP contribution in [0.15, 0.2) is 66.9 Å². The minimum atomic E-state index is -0.440. The molecule has 4 aromatic rings. The number of anilines is 1. The maximum Gasteiger partial charge on any atom is 0.224 e. The Labute approximate surface area is 172 Å². The van der Waals surface area contributed by atoms with Crippen LogP contribution in [0.25, 0.3) is 22.3 Å². The summed E-state index contributed by atoms with van der Waals surface area (Å²) in [5.74, 6) is -0.656. The van der Waals surface area contributed by atoms with Crippen molar-refractivity contribution in [2.45, 2.75) is 19.3 Å². The summed E-state index contributed by atoms with van der Waals surface area (Å²) in [5.41, 5.74) is 4.01. The third kappa shape index (κ3) is 4.30. The van der Waals surface area contributed by atoms with Crippen LogP contribution in [0, 0.1) is 5.82 Å². The Morgan fingerprint density at radius 2 is 1.93 bits per heavy atom. The van der Waals surface area contributed by atoms with E-state index in [1.54, 1.807) is 24.4 Å². The fourth-order valence-electron chi connectivity index (χ4n) is 3.41. The largest absolute Gasteiger partial charge is 0.353 e. The minimum Gasteiger partial charge on any atom is -0.353 e. The predicted molar refractivity (Wildman–Crippen MR) is 115 cm³/mol. The second-order valence-corrected chi connectivity index (χ2v) is 7.20. The molecular weight excluding hydrogens is 389 g/mol. The Kier molecular flexibility index (Phi) is 5.58. The maximum absolute atomic E-state index is 13.7. The zero-order valence-corrected chi connectivity index (χ0v) is 16.3. The lowest BCUT2D eigenvalue weighted by Crippen LogP contribution is -2.12. The van der Waals surface area contributed by atoms with Crippen LogP contribution in [0.3, 0.4) is 0 Å². The van der Waals surface area contributed by atoms with Crippen molar-refractivity contribution in [3.8, 4) is 11.4 Å². The number of rotatable bonds is 6. The Balaban J connectivity index is 1.53. The molecule has 0 aliphatic heterocycles. The van der Waals surface area contributed by atoms with Crippen LogP contribution < -0.4 is 5.32 Å². The number of pyridine rings is 1. The van der Waals surface area contributed by atoms with Gasteiger partial charge >= 0.3 is 0 Å². The zero-order chi connectivity index (χ0) is 20.2. The highest BCUT2D eigenvalue weighted by molar-refractivity contribution is 6.31. The van der Waals surface area contributed by atoms with Crippen LogP contribution in [0.1, 0.15) is 18.4 Å². The average molecular weight is 408 g/mol. The molecular formula is C23H19ClFN3O. The van der Waals surface area contributed by atoms with Gasteiger partial charge in [0, 0.05) is 28.5 Å². The van der Waals surface area contributed by atoms with Crippen molar-refractivity contribution in [1.29, 1.82) is 0 Å². The SMILES string of the molecule is O=C(CCCc1c(-c2ccccn2)[nH]c2ccc(Cl)cc12)Nc1ccccc1F. The van der Waals surface area contributed by atoms with Gasteiger partial charge in [0.2, 0.25) is 5.91 Å². The molecule has 2 N–H and O–H groups in total. The molecule has 0 saturated heterocycles. The van der Waals surface area contributed by atoms with Crippen molar-refractivity contribution in [1.82, 2.24) is 9.97 Å². The molecule has 4 rings (SSSR count). The van der Waals surface area contributed by atoms with Crippen LogP contribution >= 0.6 is 11.6 Å². The Bertz CT molecular complexity index is 1160. The van der Waals surface area contributed by atoms with E-state index < -0.39 is 5.82 Å². The van der Waals surface area contributed by atoms with Crippen LogP contribution in [0.5, 0.6) is 0 Å². The third-order valence-corrected chi connectivity index (χ3v) is 5.00. The Morgan fingerprint density at radius 3 is 2.72 bits per heavy atom. The summed E-state index contributed by atoms with van der Waals surface area (Å²) in [6, 6.07) is 17.6. The standard InChI is InChI=1S/C23H19ClFN3O/c24-15-11-12-19-17(14-15)16(23(28-19)21-9-3-4-13-26-21)6-5-10-22(29)27-20-8-2-1-7-18(20)25/h1-4,7-9,11-14,28H,5-6,10H2,(H,27,29). The van der Waals surface area contributed by atoms with Crippen molar-refractivity contribution in [3.63, 3.8) is 0 Å². The van der Waals surface area contributed by atoms with Gasteiger partial charge in [0.25, 0.3) is 0 Å². The molecule has 0 radical (unpaired) electrons. The molecule has 0 spiro atoms. The van der Waals surface area contributed by atoms with Gasteiger partial charge in [-0.05, 0) is 60.9 Å². The predicted octanol–water partition coefficient (Wildman–Crippen LogP) is 5.98. The summed E-state index contributed by atoms with van der Waals surface area (Å²) >= 11 is 6.21. The number of carbonyl (C=O) groups is 1. The van der Waals surface area contributed by atoms with Gasteiger partial charge in [-0.1, -0.05) is 29.8 Å². The molecule has 0 aliphatic carbocycles. The molecule has 1 amide bonds. The molecule has 0 aliphatic rings. The smallest absolute Gasteiger partial charge is 0.224 e. The number of fused-ring (bicyclic) bond motifs is 1. The minimum absolute atomic E-state index is 0.200. The first-order valence-electron chi connectivity index (χ1n) is 9.38. The van der Waals surface area contributed by atoms with Gasteiger partial charge in [-0.2, -0.15) is 0 Å². The fourth-order valence-corrected chi connectivity index (χ4v) is 3.58. The third-order valence-electron chi connectivity index (χ3n) is 4.77. The van der Waals surface area contributed by atoms with Gasteiger partial charge in [0.05, 0.1) is 17.1 Å². The van der Waals surface area contributed by atoms with E-state index in [0.29, 0.717) is 17.9 Å². The van der Waals surface area contributed by atoms with Crippen LogP contribution in [0.2, 0.25) is 5.02 Å². The topological polar surface area (TPSA) is 57.8 Å². The number of amides is 1. The van der Waals surface area contributed by atoms with Crippen molar-refractivity contribution >= 4 is 34.1 Å². The quantitative estimate of drug-likeness (QED) is 0.412. The molecule has 0 fully saturated rings. The van der Waals surface area contributed by atoms with E-state index >= 15 is 0 Å². The van der Waals surface area contributed by atoms with E-state index in [4.69, 9.17) is 11.6 Å². The summed E-state index contributed by atoms with van der Waals surface area (Å²) < 4.78 is 13.7. The van der Waals surface area contributed by atoms with E-state index in [0.717, 1.165) is 27.9 Å². The van der Waals surface area contributed by atoms with E-state index in [-0.39, 0.29) is 18.0 Å². The molecule has 29 heavy (non-hydrogen) atoms. The monoisotopic (exact) mass is 407 g/mol. The number of aromatic amines is 1. The normalized spacial score (nSPS) is 11.0. The Morgan fingerprint density at radius 1 is 1.10 bits per heavy atom. The number of benzene rings is 2. The summed E-state index contributed by atoms with van der Waals surface area (Å²) in [4.78, 5) is 20.1. The Hall–Kier alpha value is -3.18. The fraction of sp³-hybridized carbons (Fsp3) is 0.130. The molecule has 4 nitrogen and oxygen atoms in total. The second kappa shape index (κ2) is 8.45. The number of hydrogen-bond acceptors (Lipinski definition) is 2. The van der Waals surface area contributed by atoms with Crippen molar-refractivity contribution < 1.29 is 9.18 Å². The van der Waals surface area contributed by atoms with Crippen molar-refractivity contribution in [2.75, 3.05) is 5.32 Å². The summed E-state index contributed by atoms with van der Waals surface area (Å²) in [6.45, 7) is 0. The number of para-hydroxylation sites is 1. The molecule has 146 valence electrons. The van der Waals surface area contributed by atoms with Gasteiger partial charge in [-0.25, -0.2) is 4.39 Å². The highest BCUT2D eigenvalue weighted by atomic mass is 35.5. The first-order chi connectivity index (χ1) is 14.1. The first-order valence-corrected chi connectivity index (χ1v) is 9.75. The average Bonchev–Trinajstić information content (AvgIpc) is 3.08. The summed E-state index contributed by atoms with van der Waals surface area (Å²) in [7, 11) is 0. The van der Waals surface area contributed by atoms with Gasteiger partial charge < -0.3 is 10.3 Å². The summed E-state index contributed by atoms with van der Waals surface area (Å²) in [5, 5.41) is 4.30. The van der Waals surface area contributed by atoms with Crippen LogP contribution in [-0.2, 0) is 11.2 Å². The number of H-pyrrole nitrogens is 1. The molecule has 0 atom stereocenters. The van der Waals surface area contributed by atoms with Gasteiger partial charge in [-0.15, -0.1) is 0 Å². The van der Waals surface area contributed by atoms with Crippen molar-refractivity contribution in [3.05, 3.63) is 83.3 Å². The second-order valence-electron chi connectivity index (χ2n) is 6.77. The lowest BCUT2D eigenvalue weighted by molar-refractivity contribution is -0.116. The number of nitrogens with zero attached hydrogens (tertiary/aromatic N) is 1. The number of hydrogen-bond donors (Lipinski definition) is 2. The zero-order valence-electron chi connectivity index (χ0n) is 15.6. The van der Waals surface area contributed by atoms with Crippen LogP contribution in [-0.4, -0.2) is 15.9 Å². The van der Waals surface area contributed by atoms with Crippen LogP contribution in [0.4, 0.5) is 10.1 Å². The molecule has 2 aromatic carbocycles. The molecule has 0 bridgehead atoms. The number of aryl methyl sites for hydroxylation is 1. The highest BCUT2D eigenvalue weighted by Gasteiger charge is 2.15. The number of halogens is 2. The van der Waals surface area contributed by atoms with E-state index in [2.05, 4.69) is 15.3 Å². The lowest BCUT2D eigenvalue weighted by Gasteiger charge is -2.07. The number of nitrogens with one attached hydrogen (secondary N) is 2. The first kappa shape index (κ1) is 19.2. The van der Waals surface area contributed by atoms with E-state index in [1.807, 2.05) is 36.4 Å². The van der Waals surface area contributed by atoms with Gasteiger partial charge in [0.15, 0.2) is 0 Å². The maximum atomic E-state index is 13.7. The molecule has 0 unspecified atom stereocenters. The number of aromatic nitrogens is 2. The lowest BCUT2D eigenvalue weighted by atomic mass is 10.0. The molecule has 6 heteroatoms.